The van der Waals surface area contributed by atoms with E-state index in [1.807, 2.05) is 43.7 Å². The van der Waals surface area contributed by atoms with Crippen molar-refractivity contribution in [2.75, 3.05) is 12.5 Å². The van der Waals surface area contributed by atoms with E-state index in [0.29, 0.717) is 16.3 Å². The lowest BCUT2D eigenvalue weighted by molar-refractivity contribution is 1.15. The molecular weight excluding hydrogens is 286 g/mol. The van der Waals surface area contributed by atoms with Crippen molar-refractivity contribution in [1.82, 2.24) is 0 Å². The molecule has 0 radical (unpaired) electrons. The molecule has 2 rings (SSSR count). The van der Waals surface area contributed by atoms with Gasteiger partial charge in [0.15, 0.2) is 0 Å². The Morgan fingerprint density at radius 2 is 1.85 bits per heavy atom. The lowest BCUT2D eigenvalue weighted by Crippen LogP contribution is -2.24. The second-order valence-electron chi connectivity index (χ2n) is 4.41. The second kappa shape index (κ2) is 6.29. The first kappa shape index (κ1) is 14.9. The number of hydrogen-bond acceptors (Lipinski definition) is 5. The Hall–Kier alpha value is -1.51. The van der Waals surface area contributed by atoms with Crippen molar-refractivity contribution in [3.8, 4) is 6.07 Å². The summed E-state index contributed by atoms with van der Waals surface area (Å²) in [5.41, 5.74) is 2.93. The molecule has 1 unspecified atom stereocenters. The van der Waals surface area contributed by atoms with Gasteiger partial charge in [0.2, 0.25) is 0 Å². The fourth-order valence-corrected chi connectivity index (χ4v) is 3.37. The second-order valence-corrected chi connectivity index (χ2v) is 6.03. The van der Waals surface area contributed by atoms with Crippen LogP contribution in [0.15, 0.2) is 39.9 Å². The maximum atomic E-state index is 9.29. The molecule has 1 aliphatic rings. The van der Waals surface area contributed by atoms with Gasteiger partial charge in [-0.1, -0.05) is 29.8 Å². The molecule has 0 bridgehead atoms. The van der Waals surface area contributed by atoms with E-state index in [2.05, 4.69) is 11.1 Å². The van der Waals surface area contributed by atoms with Gasteiger partial charge in [-0.05, 0) is 25.0 Å². The molecular formula is C15H15N3S2. The van der Waals surface area contributed by atoms with E-state index < -0.39 is 0 Å². The summed E-state index contributed by atoms with van der Waals surface area (Å²) < 4.78 is 0. The van der Waals surface area contributed by atoms with Crippen LogP contribution in [0.2, 0.25) is 0 Å². The molecule has 0 saturated carbocycles. The third kappa shape index (κ3) is 2.67. The van der Waals surface area contributed by atoms with Gasteiger partial charge in [-0.15, -0.1) is 23.5 Å². The predicted molar refractivity (Wildman–Crippen MR) is 88.8 cm³/mol. The van der Waals surface area contributed by atoms with E-state index >= 15 is 0 Å². The zero-order chi connectivity index (χ0) is 14.7. The first-order valence-corrected chi connectivity index (χ1v) is 8.53. The summed E-state index contributed by atoms with van der Waals surface area (Å²) >= 11 is 2.96. The van der Waals surface area contributed by atoms with E-state index in [1.165, 1.54) is 17.3 Å². The number of benzene rings is 1. The quantitative estimate of drug-likeness (QED) is 0.899. The third-order valence-electron chi connectivity index (χ3n) is 3.16. The average molecular weight is 301 g/mol. The number of aliphatic imine (C=N–C) groups is 1. The molecule has 0 saturated heterocycles. The van der Waals surface area contributed by atoms with Crippen LogP contribution in [-0.2, 0) is 0 Å². The SMILES string of the molecule is CSC1=NC(SC)=C(C#N)C(=N)C1c1ccc(C)cc1. The number of aryl methyl sites for hydroxylation is 1. The normalized spacial score (nSPS) is 18.8. The van der Waals surface area contributed by atoms with Gasteiger partial charge < -0.3 is 5.41 Å². The monoisotopic (exact) mass is 301 g/mol. The van der Waals surface area contributed by atoms with Gasteiger partial charge in [-0.2, -0.15) is 5.26 Å². The maximum Gasteiger partial charge on any atom is 0.116 e. The highest BCUT2D eigenvalue weighted by Crippen LogP contribution is 2.35. The molecule has 0 fully saturated rings. The average Bonchev–Trinajstić information content (AvgIpc) is 2.47. The Morgan fingerprint density at radius 3 is 2.35 bits per heavy atom. The number of thioether (sulfide) groups is 2. The summed E-state index contributed by atoms with van der Waals surface area (Å²) in [6, 6.07) is 10.2. The van der Waals surface area contributed by atoms with E-state index in [0.717, 1.165) is 10.6 Å². The molecule has 1 aromatic rings. The summed E-state index contributed by atoms with van der Waals surface area (Å²) in [6.07, 6.45) is 3.84. The van der Waals surface area contributed by atoms with Gasteiger partial charge in [-0.3, -0.25) is 0 Å². The Balaban J connectivity index is 2.53. The minimum Gasteiger partial charge on any atom is -0.303 e. The number of nitrogens with zero attached hydrogens (tertiary/aromatic N) is 2. The molecule has 5 heteroatoms. The summed E-state index contributed by atoms with van der Waals surface area (Å²) in [4.78, 5) is 4.56. The van der Waals surface area contributed by atoms with Gasteiger partial charge in [0.05, 0.1) is 16.7 Å². The van der Waals surface area contributed by atoms with Crippen LogP contribution in [0.4, 0.5) is 0 Å². The molecule has 20 heavy (non-hydrogen) atoms. The highest BCUT2D eigenvalue weighted by atomic mass is 32.2. The molecule has 1 atom stereocenters. The van der Waals surface area contributed by atoms with Crippen molar-refractivity contribution in [3.63, 3.8) is 0 Å². The van der Waals surface area contributed by atoms with Crippen molar-refractivity contribution in [1.29, 1.82) is 10.7 Å². The van der Waals surface area contributed by atoms with Crippen LogP contribution in [0.3, 0.4) is 0 Å². The maximum absolute atomic E-state index is 9.29. The van der Waals surface area contributed by atoms with Crippen LogP contribution < -0.4 is 0 Å². The number of nitriles is 1. The van der Waals surface area contributed by atoms with Crippen molar-refractivity contribution in [3.05, 3.63) is 46.0 Å². The van der Waals surface area contributed by atoms with E-state index in [4.69, 9.17) is 5.41 Å². The molecule has 3 nitrogen and oxygen atoms in total. The van der Waals surface area contributed by atoms with Crippen LogP contribution in [0.25, 0.3) is 0 Å². The van der Waals surface area contributed by atoms with Crippen LogP contribution in [0.5, 0.6) is 0 Å². The minimum atomic E-state index is -0.226. The summed E-state index contributed by atoms with van der Waals surface area (Å²) in [5.74, 6) is -0.226. The van der Waals surface area contributed by atoms with Crippen LogP contribution in [0, 0.1) is 23.7 Å². The van der Waals surface area contributed by atoms with Gasteiger partial charge >= 0.3 is 0 Å². The molecule has 1 aliphatic heterocycles. The fourth-order valence-electron chi connectivity index (χ4n) is 2.09. The van der Waals surface area contributed by atoms with E-state index in [9.17, 15) is 5.26 Å². The van der Waals surface area contributed by atoms with Crippen LogP contribution in [-0.4, -0.2) is 23.3 Å². The predicted octanol–water partition coefficient (Wildman–Crippen LogP) is 3.97. The number of allylic oxidation sites excluding steroid dienone is 1. The smallest absolute Gasteiger partial charge is 0.116 e. The molecule has 1 aromatic carbocycles. The Kier molecular flexibility index (Phi) is 4.69. The molecule has 0 spiro atoms. The van der Waals surface area contributed by atoms with E-state index in [-0.39, 0.29) is 5.92 Å². The van der Waals surface area contributed by atoms with Crippen LogP contribution >= 0.6 is 23.5 Å². The zero-order valence-electron chi connectivity index (χ0n) is 11.6. The zero-order valence-corrected chi connectivity index (χ0v) is 13.2. The molecule has 1 heterocycles. The van der Waals surface area contributed by atoms with Gasteiger partial charge in [-0.25, -0.2) is 4.99 Å². The van der Waals surface area contributed by atoms with E-state index in [1.54, 1.807) is 11.8 Å². The Morgan fingerprint density at radius 1 is 1.20 bits per heavy atom. The van der Waals surface area contributed by atoms with Gasteiger partial charge in [0.1, 0.15) is 16.7 Å². The molecule has 102 valence electrons. The lowest BCUT2D eigenvalue weighted by atomic mass is 9.89. The standard InChI is InChI=1S/C15H15N3S2/c1-9-4-6-10(7-5-9)12-13(17)11(8-16)14(19-2)18-15(12)20-3/h4-7,12,17H,1-3H3. The first-order chi connectivity index (χ1) is 9.62. The number of hydrogen-bond donors (Lipinski definition) is 1. The van der Waals surface area contributed by atoms with Gasteiger partial charge in [0, 0.05) is 0 Å². The van der Waals surface area contributed by atoms with Crippen molar-refractivity contribution in [2.24, 2.45) is 4.99 Å². The number of rotatable bonds is 2. The summed E-state index contributed by atoms with van der Waals surface area (Å²) in [7, 11) is 0. The first-order valence-electron chi connectivity index (χ1n) is 6.08. The third-order valence-corrected chi connectivity index (χ3v) is 4.58. The topological polar surface area (TPSA) is 60.0 Å². The minimum absolute atomic E-state index is 0.226. The summed E-state index contributed by atoms with van der Waals surface area (Å²) in [5, 5.41) is 19.2. The summed E-state index contributed by atoms with van der Waals surface area (Å²) in [6.45, 7) is 2.03. The lowest BCUT2D eigenvalue weighted by Gasteiger charge is -2.24. The molecule has 0 aliphatic carbocycles. The highest BCUT2D eigenvalue weighted by Gasteiger charge is 2.31. The Bertz CT molecular complexity index is 636. The van der Waals surface area contributed by atoms with Gasteiger partial charge in [0.25, 0.3) is 0 Å². The Labute approximate surface area is 127 Å². The van der Waals surface area contributed by atoms with Crippen molar-refractivity contribution >= 4 is 34.3 Å². The molecule has 0 aromatic heterocycles. The van der Waals surface area contributed by atoms with Crippen molar-refractivity contribution in [2.45, 2.75) is 12.8 Å². The fraction of sp³-hybridized carbons (Fsp3) is 0.267. The van der Waals surface area contributed by atoms with Crippen LogP contribution in [0.1, 0.15) is 17.0 Å². The number of nitrogens with one attached hydrogen (secondary N) is 1. The highest BCUT2D eigenvalue weighted by molar-refractivity contribution is 8.13. The van der Waals surface area contributed by atoms with Crippen molar-refractivity contribution < 1.29 is 0 Å². The molecule has 0 amide bonds. The molecule has 1 N–H and O–H groups in total. The largest absolute Gasteiger partial charge is 0.303 e.